The van der Waals surface area contributed by atoms with Crippen molar-refractivity contribution in [1.82, 2.24) is 10.2 Å². The van der Waals surface area contributed by atoms with Crippen molar-refractivity contribution < 1.29 is 14.3 Å². The van der Waals surface area contributed by atoms with Crippen LogP contribution in [0.3, 0.4) is 0 Å². The minimum Gasteiger partial charge on any atom is -0.484 e. The highest BCUT2D eigenvalue weighted by atomic mass is 127. The molecule has 2 rings (SSSR count). The number of carbonyl (C=O) groups is 2. The van der Waals surface area contributed by atoms with Crippen LogP contribution in [0.2, 0.25) is 10.0 Å². The Morgan fingerprint density at radius 1 is 1.10 bits per heavy atom. The lowest BCUT2D eigenvalue weighted by atomic mass is 10.1. The Kier molecular flexibility index (Phi) is 10.4. The van der Waals surface area contributed by atoms with Gasteiger partial charge in [-0.05, 0) is 84.3 Å². The average Bonchev–Trinajstić information content (AvgIpc) is 2.74. The Morgan fingerprint density at radius 2 is 1.77 bits per heavy atom. The number of hydrogen-bond donors (Lipinski definition) is 1. The van der Waals surface area contributed by atoms with Crippen LogP contribution < -0.4 is 10.1 Å². The fraction of sp³-hybridized carbons (Fsp3) is 0.391. The predicted octanol–water partition coefficient (Wildman–Crippen LogP) is 5.70. The van der Waals surface area contributed by atoms with Gasteiger partial charge in [-0.2, -0.15) is 0 Å². The van der Waals surface area contributed by atoms with Crippen LogP contribution in [0.4, 0.5) is 0 Å². The summed E-state index contributed by atoms with van der Waals surface area (Å²) in [4.78, 5) is 27.6. The molecule has 0 aliphatic heterocycles. The van der Waals surface area contributed by atoms with Gasteiger partial charge >= 0.3 is 0 Å². The van der Waals surface area contributed by atoms with Gasteiger partial charge in [-0.3, -0.25) is 9.59 Å². The van der Waals surface area contributed by atoms with E-state index in [1.54, 1.807) is 18.2 Å². The molecule has 0 aliphatic carbocycles. The summed E-state index contributed by atoms with van der Waals surface area (Å²) in [5.74, 6) is 0.107. The summed E-state index contributed by atoms with van der Waals surface area (Å²) in [5, 5.41) is 3.93. The Morgan fingerprint density at radius 3 is 2.35 bits per heavy atom. The molecule has 1 N–H and O–H groups in total. The van der Waals surface area contributed by atoms with Crippen LogP contribution in [0, 0.1) is 3.57 Å². The topological polar surface area (TPSA) is 58.6 Å². The number of hydrogen-bond acceptors (Lipinski definition) is 3. The smallest absolute Gasteiger partial charge is 0.261 e. The highest BCUT2D eigenvalue weighted by Gasteiger charge is 2.30. The molecule has 2 amide bonds. The van der Waals surface area contributed by atoms with Crippen LogP contribution in [0.1, 0.15) is 39.2 Å². The molecule has 0 bridgehead atoms. The van der Waals surface area contributed by atoms with E-state index in [1.165, 1.54) is 4.90 Å². The molecule has 0 saturated carbocycles. The lowest BCUT2D eigenvalue weighted by Crippen LogP contribution is -2.51. The number of ether oxygens (including phenoxy) is 1. The minimum atomic E-state index is -0.645. The van der Waals surface area contributed by atoms with Crippen LogP contribution in [0.25, 0.3) is 0 Å². The SMILES string of the molecule is CCC(C)NC(=O)C(CC)N(Cc1ccc(Cl)cc1Cl)C(=O)COc1ccc(I)cc1. The summed E-state index contributed by atoms with van der Waals surface area (Å²) in [6, 6.07) is 11.9. The Labute approximate surface area is 207 Å². The fourth-order valence-corrected chi connectivity index (χ4v) is 3.78. The zero-order valence-corrected chi connectivity index (χ0v) is 21.5. The van der Waals surface area contributed by atoms with Crippen LogP contribution >= 0.6 is 45.8 Å². The molecule has 2 aromatic rings. The van der Waals surface area contributed by atoms with Crippen molar-refractivity contribution in [2.24, 2.45) is 0 Å². The zero-order chi connectivity index (χ0) is 23.0. The highest BCUT2D eigenvalue weighted by molar-refractivity contribution is 14.1. The van der Waals surface area contributed by atoms with E-state index in [0.717, 1.165) is 9.99 Å². The number of amides is 2. The Bertz CT molecular complexity index is 893. The lowest BCUT2D eigenvalue weighted by molar-refractivity contribution is -0.143. The zero-order valence-electron chi connectivity index (χ0n) is 17.8. The first kappa shape index (κ1) is 25.7. The first-order valence-electron chi connectivity index (χ1n) is 10.2. The molecule has 2 aromatic carbocycles. The molecule has 5 nitrogen and oxygen atoms in total. The number of benzene rings is 2. The second-order valence-corrected chi connectivity index (χ2v) is 9.33. The van der Waals surface area contributed by atoms with E-state index in [4.69, 9.17) is 27.9 Å². The maximum atomic E-state index is 13.2. The van der Waals surface area contributed by atoms with Gasteiger partial charge in [0.25, 0.3) is 5.91 Å². The van der Waals surface area contributed by atoms with Gasteiger partial charge in [0.2, 0.25) is 5.91 Å². The van der Waals surface area contributed by atoms with Crippen molar-refractivity contribution in [2.75, 3.05) is 6.61 Å². The van der Waals surface area contributed by atoms with Gasteiger partial charge in [-0.1, -0.05) is 43.1 Å². The summed E-state index contributed by atoms with van der Waals surface area (Å²) in [6.07, 6.45) is 1.26. The second-order valence-electron chi connectivity index (χ2n) is 7.24. The van der Waals surface area contributed by atoms with Gasteiger partial charge in [0.1, 0.15) is 11.8 Å². The van der Waals surface area contributed by atoms with E-state index in [1.807, 2.05) is 45.0 Å². The molecule has 0 aliphatic rings. The molecule has 31 heavy (non-hydrogen) atoms. The minimum absolute atomic E-state index is 0.0145. The summed E-state index contributed by atoms with van der Waals surface area (Å²) in [5.41, 5.74) is 0.712. The van der Waals surface area contributed by atoms with Crippen molar-refractivity contribution in [3.8, 4) is 5.75 Å². The van der Waals surface area contributed by atoms with Crippen molar-refractivity contribution in [2.45, 2.75) is 52.2 Å². The first-order chi connectivity index (χ1) is 14.7. The summed E-state index contributed by atoms with van der Waals surface area (Å²) in [7, 11) is 0. The summed E-state index contributed by atoms with van der Waals surface area (Å²) in [6.45, 7) is 5.81. The van der Waals surface area contributed by atoms with Crippen molar-refractivity contribution in [3.05, 3.63) is 61.6 Å². The lowest BCUT2D eigenvalue weighted by Gasteiger charge is -2.31. The fourth-order valence-electron chi connectivity index (χ4n) is 2.95. The second kappa shape index (κ2) is 12.5. The Hall–Kier alpha value is -1.51. The third kappa shape index (κ3) is 7.84. The van der Waals surface area contributed by atoms with Gasteiger partial charge in [-0.15, -0.1) is 0 Å². The summed E-state index contributed by atoms with van der Waals surface area (Å²) < 4.78 is 6.76. The van der Waals surface area contributed by atoms with Crippen LogP contribution in [0.15, 0.2) is 42.5 Å². The van der Waals surface area contributed by atoms with Crippen LogP contribution in [0.5, 0.6) is 5.75 Å². The third-order valence-corrected chi connectivity index (χ3v) is 6.22. The van der Waals surface area contributed by atoms with Gasteiger partial charge in [0, 0.05) is 26.2 Å². The van der Waals surface area contributed by atoms with Gasteiger partial charge < -0.3 is 15.0 Å². The van der Waals surface area contributed by atoms with E-state index in [2.05, 4.69) is 27.9 Å². The standard InChI is InChI=1S/C23H27Cl2IN2O3/c1-4-15(3)27-23(30)21(5-2)28(13-16-6-7-17(24)12-20(16)25)22(29)14-31-19-10-8-18(26)9-11-19/h6-12,15,21H,4-5,13-14H2,1-3H3,(H,27,30). The number of halogens is 3. The largest absolute Gasteiger partial charge is 0.484 e. The van der Waals surface area contributed by atoms with Crippen molar-refractivity contribution in [1.29, 1.82) is 0 Å². The molecule has 0 fully saturated rings. The Balaban J connectivity index is 2.24. The molecule has 0 heterocycles. The molecule has 2 atom stereocenters. The monoisotopic (exact) mass is 576 g/mol. The molecule has 168 valence electrons. The number of carbonyl (C=O) groups excluding carboxylic acids is 2. The molecule has 0 radical (unpaired) electrons. The normalized spacial score (nSPS) is 12.7. The average molecular weight is 577 g/mol. The van der Waals surface area contributed by atoms with E-state index in [9.17, 15) is 9.59 Å². The maximum Gasteiger partial charge on any atom is 0.261 e. The van der Waals surface area contributed by atoms with E-state index < -0.39 is 6.04 Å². The number of nitrogens with zero attached hydrogens (tertiary/aromatic N) is 1. The first-order valence-corrected chi connectivity index (χ1v) is 12.0. The van der Waals surface area contributed by atoms with Crippen LogP contribution in [-0.2, 0) is 16.1 Å². The van der Waals surface area contributed by atoms with E-state index >= 15 is 0 Å². The molecule has 0 spiro atoms. The molecule has 0 saturated heterocycles. The van der Waals surface area contributed by atoms with E-state index in [-0.39, 0.29) is 31.0 Å². The summed E-state index contributed by atoms with van der Waals surface area (Å²) >= 11 is 14.6. The van der Waals surface area contributed by atoms with Gasteiger partial charge in [0.15, 0.2) is 6.61 Å². The predicted molar refractivity (Wildman–Crippen MR) is 134 cm³/mol. The molecule has 8 heteroatoms. The maximum absolute atomic E-state index is 13.2. The highest BCUT2D eigenvalue weighted by Crippen LogP contribution is 2.24. The van der Waals surface area contributed by atoms with Crippen molar-refractivity contribution >= 4 is 57.6 Å². The molecular formula is C23H27Cl2IN2O3. The van der Waals surface area contributed by atoms with E-state index in [0.29, 0.717) is 27.8 Å². The van der Waals surface area contributed by atoms with Crippen LogP contribution in [-0.4, -0.2) is 35.4 Å². The number of nitrogens with one attached hydrogen (secondary N) is 1. The molecular weight excluding hydrogens is 550 g/mol. The molecule has 2 unspecified atom stereocenters. The van der Waals surface area contributed by atoms with Crippen molar-refractivity contribution in [3.63, 3.8) is 0 Å². The van der Waals surface area contributed by atoms with Gasteiger partial charge in [-0.25, -0.2) is 0 Å². The van der Waals surface area contributed by atoms with Gasteiger partial charge in [0.05, 0.1) is 0 Å². The third-order valence-electron chi connectivity index (χ3n) is 4.92. The molecule has 0 aromatic heterocycles. The number of rotatable bonds is 10. The quantitative estimate of drug-likeness (QED) is 0.369.